The zero-order chi connectivity index (χ0) is 14.4. The quantitative estimate of drug-likeness (QED) is 0.612. The van der Waals surface area contributed by atoms with Crippen molar-refractivity contribution in [2.45, 2.75) is 12.5 Å². The molecule has 3 heteroatoms. The van der Waals surface area contributed by atoms with Gasteiger partial charge in [-0.15, -0.1) is 6.58 Å². The lowest BCUT2D eigenvalue weighted by Crippen LogP contribution is -2.10. The first-order chi connectivity index (χ1) is 9.74. The number of hydrogen-bond donors (Lipinski definition) is 2. The normalized spacial score (nSPS) is 11.7. The number of para-hydroxylation sites is 2. The molecular weight excluding hydrogens is 250 g/mol. The summed E-state index contributed by atoms with van der Waals surface area (Å²) in [6.07, 6.45) is 2.63. The third kappa shape index (κ3) is 3.32. The van der Waals surface area contributed by atoms with E-state index in [-0.39, 0.29) is 11.8 Å². The molecule has 1 atom stereocenters. The Morgan fingerprint density at radius 1 is 1.20 bits per heavy atom. The summed E-state index contributed by atoms with van der Waals surface area (Å²) < 4.78 is 5.17. The van der Waals surface area contributed by atoms with Crippen LogP contribution in [0.2, 0.25) is 0 Å². The lowest BCUT2D eigenvalue weighted by molar-refractivity contribution is 0.414. The summed E-state index contributed by atoms with van der Waals surface area (Å²) in [4.78, 5) is 0. The molecule has 1 unspecified atom stereocenters. The standard InChI is InChI=1S/C17H19NO2/c1-3-6-15(13-9-11-14(20-2)12-10-13)18-16-7-4-5-8-17(16)19/h3-5,7-12,15,18-19H,1,6H2,2H3. The largest absolute Gasteiger partial charge is 0.506 e. The minimum absolute atomic E-state index is 0.0618. The molecule has 0 spiro atoms. The highest BCUT2D eigenvalue weighted by Crippen LogP contribution is 2.29. The smallest absolute Gasteiger partial charge is 0.138 e. The maximum atomic E-state index is 9.85. The van der Waals surface area contributed by atoms with Crippen LogP contribution in [0.5, 0.6) is 11.5 Å². The van der Waals surface area contributed by atoms with Gasteiger partial charge in [0.15, 0.2) is 0 Å². The number of phenols is 1. The van der Waals surface area contributed by atoms with Gasteiger partial charge in [-0.25, -0.2) is 0 Å². The number of benzene rings is 2. The van der Waals surface area contributed by atoms with Crippen molar-refractivity contribution in [3.05, 3.63) is 66.7 Å². The molecule has 0 amide bonds. The molecule has 0 radical (unpaired) electrons. The maximum Gasteiger partial charge on any atom is 0.138 e. The van der Waals surface area contributed by atoms with E-state index in [9.17, 15) is 5.11 Å². The van der Waals surface area contributed by atoms with Crippen molar-refractivity contribution in [2.24, 2.45) is 0 Å². The van der Waals surface area contributed by atoms with Gasteiger partial charge in [0.2, 0.25) is 0 Å². The zero-order valence-corrected chi connectivity index (χ0v) is 11.5. The first kappa shape index (κ1) is 14.0. The van der Waals surface area contributed by atoms with Gasteiger partial charge >= 0.3 is 0 Å². The number of aromatic hydroxyl groups is 1. The molecule has 0 saturated carbocycles. The van der Waals surface area contributed by atoms with Gasteiger partial charge in [0.1, 0.15) is 11.5 Å². The predicted molar refractivity (Wildman–Crippen MR) is 82.3 cm³/mol. The van der Waals surface area contributed by atoms with Crippen LogP contribution >= 0.6 is 0 Å². The van der Waals surface area contributed by atoms with Gasteiger partial charge in [-0.2, -0.15) is 0 Å². The molecular formula is C17H19NO2. The van der Waals surface area contributed by atoms with Crippen molar-refractivity contribution in [3.63, 3.8) is 0 Å². The van der Waals surface area contributed by atoms with Gasteiger partial charge in [-0.05, 0) is 36.2 Å². The van der Waals surface area contributed by atoms with E-state index < -0.39 is 0 Å². The molecule has 104 valence electrons. The molecule has 2 N–H and O–H groups in total. The molecule has 20 heavy (non-hydrogen) atoms. The Kier molecular flexibility index (Phi) is 4.66. The van der Waals surface area contributed by atoms with Crippen LogP contribution in [-0.4, -0.2) is 12.2 Å². The molecule has 0 fully saturated rings. The number of methoxy groups -OCH3 is 1. The van der Waals surface area contributed by atoms with Crippen LogP contribution in [0.25, 0.3) is 0 Å². The summed E-state index contributed by atoms with van der Waals surface area (Å²) in [5.41, 5.74) is 1.84. The molecule has 2 aromatic carbocycles. The van der Waals surface area contributed by atoms with Crippen LogP contribution in [0.4, 0.5) is 5.69 Å². The van der Waals surface area contributed by atoms with Gasteiger partial charge in [0.25, 0.3) is 0 Å². The number of phenolic OH excluding ortho intramolecular Hbond substituents is 1. The van der Waals surface area contributed by atoms with Crippen molar-refractivity contribution >= 4 is 5.69 Å². The maximum absolute atomic E-state index is 9.85. The van der Waals surface area contributed by atoms with Crippen molar-refractivity contribution in [2.75, 3.05) is 12.4 Å². The molecule has 0 aliphatic heterocycles. The summed E-state index contributed by atoms with van der Waals surface area (Å²) >= 11 is 0. The second-order valence-corrected chi connectivity index (χ2v) is 4.51. The lowest BCUT2D eigenvalue weighted by atomic mass is 10.0. The second kappa shape index (κ2) is 6.66. The predicted octanol–water partition coefficient (Wildman–Crippen LogP) is 4.13. The highest BCUT2D eigenvalue weighted by Gasteiger charge is 2.11. The molecule has 3 nitrogen and oxygen atoms in total. The first-order valence-corrected chi connectivity index (χ1v) is 6.54. The van der Waals surface area contributed by atoms with E-state index in [2.05, 4.69) is 11.9 Å². The Balaban J connectivity index is 2.22. The summed E-state index contributed by atoms with van der Waals surface area (Å²) in [5.74, 6) is 1.07. The fourth-order valence-corrected chi connectivity index (χ4v) is 2.06. The van der Waals surface area contributed by atoms with Gasteiger partial charge in [0, 0.05) is 0 Å². The van der Waals surface area contributed by atoms with Crippen LogP contribution in [0.3, 0.4) is 0 Å². The Labute approximate surface area is 119 Å². The third-order valence-electron chi connectivity index (χ3n) is 3.15. The average molecular weight is 269 g/mol. The summed E-state index contributed by atoms with van der Waals surface area (Å²) in [5, 5.41) is 13.2. The van der Waals surface area contributed by atoms with Crippen molar-refractivity contribution < 1.29 is 9.84 Å². The minimum atomic E-state index is 0.0618. The van der Waals surface area contributed by atoms with Crippen LogP contribution in [0.1, 0.15) is 18.0 Å². The number of anilines is 1. The van der Waals surface area contributed by atoms with Crippen molar-refractivity contribution in [1.82, 2.24) is 0 Å². The monoisotopic (exact) mass is 269 g/mol. The topological polar surface area (TPSA) is 41.5 Å². The SMILES string of the molecule is C=CCC(Nc1ccccc1O)c1ccc(OC)cc1. The van der Waals surface area contributed by atoms with Gasteiger partial charge in [-0.3, -0.25) is 0 Å². The fraction of sp³-hybridized carbons (Fsp3) is 0.176. The van der Waals surface area contributed by atoms with E-state index >= 15 is 0 Å². The Morgan fingerprint density at radius 2 is 1.90 bits per heavy atom. The molecule has 2 rings (SSSR count). The van der Waals surface area contributed by atoms with E-state index in [1.807, 2.05) is 42.5 Å². The molecule has 0 bridgehead atoms. The first-order valence-electron chi connectivity index (χ1n) is 6.54. The van der Waals surface area contributed by atoms with Crippen LogP contribution in [0.15, 0.2) is 61.2 Å². The summed E-state index contributed by atoms with van der Waals surface area (Å²) in [6, 6.07) is 15.2. The zero-order valence-electron chi connectivity index (χ0n) is 11.5. The van der Waals surface area contributed by atoms with Crippen molar-refractivity contribution in [3.8, 4) is 11.5 Å². The number of ether oxygens (including phenoxy) is 1. The molecule has 2 aromatic rings. The van der Waals surface area contributed by atoms with E-state index in [1.165, 1.54) is 0 Å². The fourth-order valence-electron chi connectivity index (χ4n) is 2.06. The highest BCUT2D eigenvalue weighted by atomic mass is 16.5. The van der Waals surface area contributed by atoms with Gasteiger partial charge < -0.3 is 15.2 Å². The number of rotatable bonds is 6. The average Bonchev–Trinajstić information content (AvgIpc) is 2.49. The van der Waals surface area contributed by atoms with E-state index in [0.717, 1.165) is 23.4 Å². The highest BCUT2D eigenvalue weighted by molar-refractivity contribution is 5.56. The van der Waals surface area contributed by atoms with Crippen LogP contribution < -0.4 is 10.1 Å². The van der Waals surface area contributed by atoms with Gasteiger partial charge in [-0.1, -0.05) is 30.3 Å². The van der Waals surface area contributed by atoms with E-state index in [4.69, 9.17) is 4.74 Å². The summed E-state index contributed by atoms with van der Waals surface area (Å²) in [7, 11) is 1.65. The van der Waals surface area contributed by atoms with Gasteiger partial charge in [0.05, 0.1) is 18.8 Å². The molecule has 0 aliphatic rings. The van der Waals surface area contributed by atoms with Crippen LogP contribution in [0, 0.1) is 0 Å². The third-order valence-corrected chi connectivity index (χ3v) is 3.15. The van der Waals surface area contributed by atoms with Crippen LogP contribution in [-0.2, 0) is 0 Å². The van der Waals surface area contributed by atoms with E-state index in [0.29, 0.717) is 0 Å². The molecule has 0 saturated heterocycles. The molecule has 0 aliphatic carbocycles. The summed E-state index contributed by atoms with van der Waals surface area (Å²) in [6.45, 7) is 3.80. The Hall–Kier alpha value is -2.42. The number of nitrogens with one attached hydrogen (secondary N) is 1. The molecule has 0 heterocycles. The van der Waals surface area contributed by atoms with Crippen molar-refractivity contribution in [1.29, 1.82) is 0 Å². The molecule has 0 aromatic heterocycles. The Bertz CT molecular complexity index is 563. The lowest BCUT2D eigenvalue weighted by Gasteiger charge is -2.20. The van der Waals surface area contributed by atoms with E-state index in [1.54, 1.807) is 19.2 Å². The number of hydrogen-bond acceptors (Lipinski definition) is 3. The Morgan fingerprint density at radius 3 is 2.50 bits per heavy atom. The second-order valence-electron chi connectivity index (χ2n) is 4.51. The minimum Gasteiger partial charge on any atom is -0.506 e.